The summed E-state index contributed by atoms with van der Waals surface area (Å²) in [6, 6.07) is 4.12. The number of carbonyl (C=O) groups is 1. The summed E-state index contributed by atoms with van der Waals surface area (Å²) in [6.07, 6.45) is 3.62. The largest absolute Gasteiger partial charge is 0.326 e. The molecule has 0 aromatic heterocycles. The number of anilines is 1. The van der Waals surface area contributed by atoms with Crippen LogP contribution in [0.4, 0.5) is 18.9 Å². The molecule has 1 aliphatic carbocycles. The van der Waals surface area contributed by atoms with Crippen molar-refractivity contribution in [3.05, 3.63) is 65.2 Å². The number of allylic oxidation sites excluding steroid dienone is 5. The van der Waals surface area contributed by atoms with Crippen molar-refractivity contribution in [1.82, 2.24) is 0 Å². The van der Waals surface area contributed by atoms with Crippen LogP contribution in [0.1, 0.15) is 13.3 Å². The molecule has 0 bridgehead atoms. The predicted molar refractivity (Wildman–Crippen MR) is 92.4 cm³/mol. The average molecular weight is 400 g/mol. The first kappa shape index (κ1) is 18.5. The molecule has 24 heavy (non-hydrogen) atoms. The van der Waals surface area contributed by atoms with Crippen molar-refractivity contribution in [1.29, 1.82) is 0 Å². The van der Waals surface area contributed by atoms with E-state index >= 15 is 0 Å². The number of hydrogen-bond acceptors (Lipinski definition) is 1. The predicted octanol–water partition coefficient (Wildman–Crippen LogP) is 5.49. The van der Waals surface area contributed by atoms with Gasteiger partial charge in [-0.3, -0.25) is 4.79 Å². The van der Waals surface area contributed by atoms with Crippen molar-refractivity contribution in [3.8, 4) is 0 Å². The van der Waals surface area contributed by atoms with Crippen molar-refractivity contribution >= 4 is 27.5 Å². The van der Waals surface area contributed by atoms with Gasteiger partial charge in [0.25, 0.3) is 0 Å². The van der Waals surface area contributed by atoms with Crippen molar-refractivity contribution in [2.75, 3.05) is 5.32 Å². The van der Waals surface area contributed by atoms with Crippen LogP contribution < -0.4 is 5.32 Å². The molecule has 1 N–H and O–H groups in total. The summed E-state index contributed by atoms with van der Waals surface area (Å²) in [5.74, 6) is -2.88. The van der Waals surface area contributed by atoms with E-state index in [0.29, 0.717) is 0 Å². The van der Waals surface area contributed by atoms with Gasteiger partial charge in [0.1, 0.15) is 11.6 Å². The zero-order chi connectivity index (χ0) is 17.9. The van der Waals surface area contributed by atoms with Crippen LogP contribution >= 0.6 is 15.9 Å². The molecule has 0 saturated carbocycles. The van der Waals surface area contributed by atoms with E-state index in [2.05, 4.69) is 27.8 Å². The second kappa shape index (κ2) is 7.38. The molecule has 6 heteroatoms. The van der Waals surface area contributed by atoms with Gasteiger partial charge in [0, 0.05) is 11.1 Å². The van der Waals surface area contributed by atoms with Gasteiger partial charge in [-0.2, -0.15) is 0 Å². The lowest BCUT2D eigenvalue weighted by molar-refractivity contribution is -0.123. The average Bonchev–Trinajstić information content (AvgIpc) is 2.53. The van der Waals surface area contributed by atoms with Gasteiger partial charge in [-0.25, -0.2) is 13.2 Å². The normalized spacial score (nSPS) is 24.2. The van der Waals surface area contributed by atoms with Crippen molar-refractivity contribution < 1.29 is 18.0 Å². The summed E-state index contributed by atoms with van der Waals surface area (Å²) < 4.78 is 42.0. The van der Waals surface area contributed by atoms with E-state index in [1.807, 2.05) is 0 Å². The molecule has 0 heterocycles. The van der Waals surface area contributed by atoms with Gasteiger partial charge in [-0.05, 0) is 46.6 Å². The number of halogens is 4. The van der Waals surface area contributed by atoms with Crippen LogP contribution in [-0.2, 0) is 4.79 Å². The van der Waals surface area contributed by atoms with E-state index in [1.54, 1.807) is 0 Å². The quantitative estimate of drug-likeness (QED) is 0.651. The molecule has 0 spiro atoms. The molecule has 1 aromatic rings. The number of carbonyl (C=O) groups excluding carboxylic acids is 1. The Hall–Kier alpha value is -1.82. The SMILES string of the molecule is C=CCC(C(=O)Nc1ccc(Br)c(F)c1)C1(C)C=CC=C(F)[C@@H]1F. The van der Waals surface area contributed by atoms with Gasteiger partial charge in [-0.1, -0.05) is 25.2 Å². The lowest BCUT2D eigenvalue weighted by atomic mass is 9.69. The molecular weight excluding hydrogens is 383 g/mol. The highest BCUT2D eigenvalue weighted by Crippen LogP contribution is 2.43. The third kappa shape index (κ3) is 3.64. The molecule has 1 amide bonds. The first-order chi connectivity index (χ1) is 11.3. The minimum Gasteiger partial charge on any atom is -0.326 e. The number of hydrogen-bond donors (Lipinski definition) is 1. The van der Waals surface area contributed by atoms with Gasteiger partial charge < -0.3 is 5.32 Å². The summed E-state index contributed by atoms with van der Waals surface area (Å²) in [5, 5.41) is 2.56. The highest BCUT2D eigenvalue weighted by atomic mass is 79.9. The Labute approximate surface area is 147 Å². The summed E-state index contributed by atoms with van der Waals surface area (Å²) in [4.78, 5) is 12.6. The van der Waals surface area contributed by atoms with Crippen molar-refractivity contribution in [3.63, 3.8) is 0 Å². The molecule has 3 atom stereocenters. The molecule has 1 aliphatic rings. The standard InChI is InChI=1S/C18H17BrF3NO/c1-3-5-12(18(2)9-4-6-14(20)16(18)22)17(24)23-11-7-8-13(19)15(21)10-11/h3-4,6-10,12,16H,1,5H2,2H3,(H,23,24)/t12?,16-,18?/m0/s1. The molecule has 1 aromatic carbocycles. The summed E-state index contributed by atoms with van der Waals surface area (Å²) in [5.41, 5.74) is -1.12. The van der Waals surface area contributed by atoms with E-state index in [1.165, 1.54) is 37.3 Å². The molecule has 0 radical (unpaired) electrons. The van der Waals surface area contributed by atoms with Crippen LogP contribution in [-0.4, -0.2) is 12.1 Å². The summed E-state index contributed by atoms with van der Waals surface area (Å²) >= 11 is 3.03. The fraction of sp³-hybridized carbons (Fsp3) is 0.278. The summed E-state index contributed by atoms with van der Waals surface area (Å²) in [7, 11) is 0. The van der Waals surface area contributed by atoms with E-state index in [-0.39, 0.29) is 16.6 Å². The van der Waals surface area contributed by atoms with Crippen LogP contribution in [0.15, 0.2) is 59.4 Å². The maximum absolute atomic E-state index is 14.4. The van der Waals surface area contributed by atoms with Crippen LogP contribution in [0.2, 0.25) is 0 Å². The molecule has 128 valence electrons. The van der Waals surface area contributed by atoms with Crippen LogP contribution in [0, 0.1) is 17.2 Å². The van der Waals surface area contributed by atoms with E-state index in [4.69, 9.17) is 0 Å². The number of amides is 1. The molecule has 0 fully saturated rings. The zero-order valence-electron chi connectivity index (χ0n) is 13.0. The lowest BCUT2D eigenvalue weighted by Gasteiger charge is -2.37. The minimum absolute atomic E-state index is 0.152. The maximum Gasteiger partial charge on any atom is 0.228 e. The molecule has 2 unspecified atom stereocenters. The Bertz CT molecular complexity index is 716. The van der Waals surface area contributed by atoms with Crippen LogP contribution in [0.25, 0.3) is 0 Å². The lowest BCUT2D eigenvalue weighted by Crippen LogP contribution is -2.43. The van der Waals surface area contributed by atoms with E-state index < -0.39 is 35.1 Å². The van der Waals surface area contributed by atoms with Crippen molar-refractivity contribution in [2.24, 2.45) is 11.3 Å². The maximum atomic E-state index is 14.4. The molecular formula is C18H17BrF3NO. The smallest absolute Gasteiger partial charge is 0.228 e. The monoisotopic (exact) mass is 399 g/mol. The molecule has 0 saturated heterocycles. The Kier molecular flexibility index (Phi) is 5.70. The first-order valence-corrected chi connectivity index (χ1v) is 8.14. The number of rotatable bonds is 5. The molecule has 0 aliphatic heterocycles. The highest BCUT2D eigenvalue weighted by Gasteiger charge is 2.46. The third-order valence-electron chi connectivity index (χ3n) is 4.16. The fourth-order valence-electron chi connectivity index (χ4n) is 2.72. The second-order valence-corrected chi connectivity index (χ2v) is 6.69. The minimum atomic E-state index is -1.93. The van der Waals surface area contributed by atoms with Gasteiger partial charge >= 0.3 is 0 Å². The zero-order valence-corrected chi connectivity index (χ0v) is 14.6. The Morgan fingerprint density at radius 3 is 2.83 bits per heavy atom. The van der Waals surface area contributed by atoms with Crippen LogP contribution in [0.5, 0.6) is 0 Å². The topological polar surface area (TPSA) is 29.1 Å². The van der Waals surface area contributed by atoms with Gasteiger partial charge in [0.05, 0.1) is 10.4 Å². The van der Waals surface area contributed by atoms with Crippen LogP contribution in [0.3, 0.4) is 0 Å². The highest BCUT2D eigenvalue weighted by molar-refractivity contribution is 9.10. The Morgan fingerprint density at radius 1 is 1.50 bits per heavy atom. The fourth-order valence-corrected chi connectivity index (χ4v) is 2.97. The second-order valence-electron chi connectivity index (χ2n) is 5.83. The van der Waals surface area contributed by atoms with Gasteiger partial charge in [0.15, 0.2) is 6.17 Å². The number of nitrogens with one attached hydrogen (secondary N) is 1. The summed E-state index contributed by atoms with van der Waals surface area (Å²) in [6.45, 7) is 5.07. The Morgan fingerprint density at radius 2 is 2.21 bits per heavy atom. The van der Waals surface area contributed by atoms with E-state index in [9.17, 15) is 18.0 Å². The Balaban J connectivity index is 2.28. The van der Waals surface area contributed by atoms with Gasteiger partial charge in [-0.15, -0.1) is 6.58 Å². The van der Waals surface area contributed by atoms with E-state index in [0.717, 1.165) is 12.1 Å². The third-order valence-corrected chi connectivity index (χ3v) is 4.80. The first-order valence-electron chi connectivity index (χ1n) is 7.35. The number of alkyl halides is 1. The van der Waals surface area contributed by atoms with Gasteiger partial charge in [0.2, 0.25) is 5.91 Å². The van der Waals surface area contributed by atoms with Crippen molar-refractivity contribution in [2.45, 2.75) is 19.5 Å². The molecule has 2 rings (SSSR count). The molecule has 2 nitrogen and oxygen atoms in total. The number of benzene rings is 1.